The molecule has 3 rings (SSSR count). The number of aromatic nitrogens is 1. The highest BCUT2D eigenvalue weighted by atomic mass is 16.5. The van der Waals surface area contributed by atoms with Crippen molar-refractivity contribution in [3.8, 4) is 5.75 Å². The van der Waals surface area contributed by atoms with Crippen LogP contribution in [0.2, 0.25) is 0 Å². The molecule has 4 heteroatoms. The summed E-state index contributed by atoms with van der Waals surface area (Å²) < 4.78 is 5.31. The van der Waals surface area contributed by atoms with E-state index < -0.39 is 0 Å². The third-order valence-corrected chi connectivity index (χ3v) is 2.93. The first kappa shape index (κ1) is 8.47. The van der Waals surface area contributed by atoms with Gasteiger partial charge in [0.1, 0.15) is 0 Å². The molecule has 4 nitrogen and oxygen atoms in total. The predicted octanol–water partition coefficient (Wildman–Crippen LogP) is 1.73. The Bertz CT molecular complexity index is 530. The Morgan fingerprint density at radius 1 is 1.47 bits per heavy atom. The summed E-state index contributed by atoms with van der Waals surface area (Å²) in [6, 6.07) is 1.94. The van der Waals surface area contributed by atoms with Gasteiger partial charge in [-0.1, -0.05) is 0 Å². The second kappa shape index (κ2) is 2.82. The minimum Gasteiger partial charge on any atom is -0.492 e. The molecule has 0 saturated carbocycles. The molecule has 2 aromatic rings. The number of anilines is 2. The monoisotopic (exact) mass is 203 g/mol. The van der Waals surface area contributed by atoms with Crippen LogP contribution in [0.1, 0.15) is 5.56 Å². The van der Waals surface area contributed by atoms with Gasteiger partial charge in [0, 0.05) is 23.8 Å². The molecule has 0 saturated heterocycles. The number of hydrogen-bond donors (Lipinski definition) is 3. The zero-order chi connectivity index (χ0) is 10.4. The normalized spacial score (nSPS) is 13.9. The van der Waals surface area contributed by atoms with Gasteiger partial charge in [-0.3, -0.25) is 0 Å². The standard InChI is InChI=1S/C11H13N3O/c1-15-11-7(12)4-8-9-6(2-3-13-8)5-14-10(9)11/h4-5,13-14H,2-3,12H2,1H3. The van der Waals surface area contributed by atoms with E-state index in [-0.39, 0.29) is 0 Å². The van der Waals surface area contributed by atoms with Crippen molar-refractivity contribution >= 4 is 22.3 Å². The molecule has 0 bridgehead atoms. The van der Waals surface area contributed by atoms with Crippen LogP contribution in [0.25, 0.3) is 10.9 Å². The fraction of sp³-hybridized carbons (Fsp3) is 0.273. The van der Waals surface area contributed by atoms with Gasteiger partial charge in [-0.25, -0.2) is 0 Å². The lowest BCUT2D eigenvalue weighted by Crippen LogP contribution is -2.10. The Labute approximate surface area is 87.4 Å². The number of nitrogens with two attached hydrogens (primary N) is 1. The Hall–Kier alpha value is -1.84. The molecule has 4 N–H and O–H groups in total. The van der Waals surface area contributed by atoms with Gasteiger partial charge in [0.2, 0.25) is 0 Å². The van der Waals surface area contributed by atoms with E-state index >= 15 is 0 Å². The van der Waals surface area contributed by atoms with Gasteiger partial charge in [0.15, 0.2) is 5.75 Å². The summed E-state index contributed by atoms with van der Waals surface area (Å²) in [7, 11) is 1.64. The molecule has 0 aliphatic carbocycles. The summed E-state index contributed by atoms with van der Waals surface area (Å²) in [6.07, 6.45) is 3.08. The zero-order valence-electron chi connectivity index (χ0n) is 8.55. The summed E-state index contributed by atoms with van der Waals surface area (Å²) in [4.78, 5) is 3.24. The van der Waals surface area contributed by atoms with Crippen LogP contribution in [0.15, 0.2) is 12.3 Å². The zero-order valence-corrected chi connectivity index (χ0v) is 8.55. The van der Waals surface area contributed by atoms with Crippen molar-refractivity contribution in [3.05, 3.63) is 17.8 Å². The summed E-state index contributed by atoms with van der Waals surface area (Å²) in [5.74, 6) is 0.740. The summed E-state index contributed by atoms with van der Waals surface area (Å²) in [5, 5.41) is 4.56. The molecule has 1 aliphatic rings. The molecule has 0 amide bonds. The number of aromatic amines is 1. The summed E-state index contributed by atoms with van der Waals surface area (Å²) in [5.41, 5.74) is 10.0. The van der Waals surface area contributed by atoms with E-state index in [2.05, 4.69) is 10.3 Å². The number of hydrogen-bond acceptors (Lipinski definition) is 3. The lowest BCUT2D eigenvalue weighted by atomic mass is 10.0. The molecule has 0 spiro atoms. The van der Waals surface area contributed by atoms with Crippen LogP contribution in [-0.4, -0.2) is 18.6 Å². The largest absolute Gasteiger partial charge is 0.492 e. The van der Waals surface area contributed by atoms with Crippen LogP contribution in [0.4, 0.5) is 11.4 Å². The van der Waals surface area contributed by atoms with Crippen molar-refractivity contribution in [2.45, 2.75) is 6.42 Å². The third-order valence-electron chi connectivity index (χ3n) is 2.93. The Kier molecular flexibility index (Phi) is 1.59. The minimum atomic E-state index is 0.669. The SMILES string of the molecule is COc1c(N)cc2c3c(c[nH]c13)CCN2. The highest BCUT2D eigenvalue weighted by Gasteiger charge is 2.18. The van der Waals surface area contributed by atoms with Crippen LogP contribution in [0, 0.1) is 0 Å². The quantitative estimate of drug-likeness (QED) is 0.618. The fourth-order valence-electron chi connectivity index (χ4n) is 2.28. The van der Waals surface area contributed by atoms with E-state index in [9.17, 15) is 0 Å². The minimum absolute atomic E-state index is 0.669. The molecule has 1 aromatic heterocycles. The van der Waals surface area contributed by atoms with E-state index in [0.717, 1.165) is 29.9 Å². The topological polar surface area (TPSA) is 63.1 Å². The maximum absolute atomic E-state index is 5.92. The molecule has 2 heterocycles. The smallest absolute Gasteiger partial charge is 0.165 e. The summed E-state index contributed by atoms with van der Waals surface area (Å²) >= 11 is 0. The first-order valence-electron chi connectivity index (χ1n) is 5.01. The molecular weight excluding hydrogens is 190 g/mol. The van der Waals surface area contributed by atoms with Gasteiger partial charge in [0.05, 0.1) is 18.3 Å². The van der Waals surface area contributed by atoms with Crippen LogP contribution in [0.5, 0.6) is 5.75 Å². The number of H-pyrrole nitrogens is 1. The van der Waals surface area contributed by atoms with Crippen molar-refractivity contribution in [1.29, 1.82) is 0 Å². The van der Waals surface area contributed by atoms with Crippen LogP contribution in [0.3, 0.4) is 0 Å². The first-order chi connectivity index (χ1) is 7.31. The Morgan fingerprint density at radius 3 is 3.13 bits per heavy atom. The molecule has 0 unspecified atom stereocenters. The highest BCUT2D eigenvalue weighted by molar-refractivity contribution is 6.03. The number of methoxy groups -OCH3 is 1. The second-order valence-electron chi connectivity index (χ2n) is 3.79. The van der Waals surface area contributed by atoms with Gasteiger partial charge in [-0.15, -0.1) is 0 Å². The molecule has 1 aliphatic heterocycles. The van der Waals surface area contributed by atoms with Gasteiger partial charge < -0.3 is 20.8 Å². The van der Waals surface area contributed by atoms with Crippen molar-refractivity contribution in [2.75, 3.05) is 24.7 Å². The Morgan fingerprint density at radius 2 is 2.33 bits per heavy atom. The predicted molar refractivity (Wildman–Crippen MR) is 61.5 cm³/mol. The van der Waals surface area contributed by atoms with E-state index in [1.165, 1.54) is 10.9 Å². The van der Waals surface area contributed by atoms with Gasteiger partial charge in [0.25, 0.3) is 0 Å². The third kappa shape index (κ3) is 1.02. The molecule has 78 valence electrons. The maximum Gasteiger partial charge on any atom is 0.165 e. The lowest BCUT2D eigenvalue weighted by Gasteiger charge is -2.17. The highest BCUT2D eigenvalue weighted by Crippen LogP contribution is 2.39. The number of rotatable bonds is 1. The molecule has 0 fully saturated rings. The van der Waals surface area contributed by atoms with E-state index in [1.54, 1.807) is 7.11 Å². The Balaban J connectivity index is 2.44. The van der Waals surface area contributed by atoms with E-state index in [1.807, 2.05) is 12.3 Å². The number of ether oxygens (including phenoxy) is 1. The van der Waals surface area contributed by atoms with Gasteiger partial charge >= 0.3 is 0 Å². The molecule has 1 aromatic carbocycles. The molecule has 0 atom stereocenters. The van der Waals surface area contributed by atoms with Crippen LogP contribution in [-0.2, 0) is 6.42 Å². The van der Waals surface area contributed by atoms with Crippen molar-refractivity contribution < 1.29 is 4.74 Å². The van der Waals surface area contributed by atoms with E-state index in [0.29, 0.717) is 5.69 Å². The molecular formula is C11H13N3O. The van der Waals surface area contributed by atoms with Crippen LogP contribution >= 0.6 is 0 Å². The number of nitrogens with one attached hydrogen (secondary N) is 2. The van der Waals surface area contributed by atoms with Gasteiger partial charge in [-0.2, -0.15) is 0 Å². The number of nitrogen functional groups attached to an aromatic ring is 1. The van der Waals surface area contributed by atoms with Crippen LogP contribution < -0.4 is 15.8 Å². The second-order valence-corrected chi connectivity index (χ2v) is 3.79. The molecule has 15 heavy (non-hydrogen) atoms. The maximum atomic E-state index is 5.92. The average molecular weight is 203 g/mol. The summed E-state index contributed by atoms with van der Waals surface area (Å²) in [6.45, 7) is 0.964. The fourth-order valence-corrected chi connectivity index (χ4v) is 2.28. The van der Waals surface area contributed by atoms with Gasteiger partial charge in [-0.05, 0) is 18.1 Å². The number of benzene rings is 1. The lowest BCUT2D eigenvalue weighted by molar-refractivity contribution is 0.421. The van der Waals surface area contributed by atoms with Crippen molar-refractivity contribution in [2.24, 2.45) is 0 Å². The molecule has 0 radical (unpaired) electrons. The van der Waals surface area contributed by atoms with E-state index in [4.69, 9.17) is 10.5 Å². The van der Waals surface area contributed by atoms with Crippen molar-refractivity contribution in [3.63, 3.8) is 0 Å². The van der Waals surface area contributed by atoms with Crippen molar-refractivity contribution in [1.82, 2.24) is 4.98 Å². The first-order valence-corrected chi connectivity index (χ1v) is 5.01. The average Bonchev–Trinajstić information content (AvgIpc) is 2.64.